The summed E-state index contributed by atoms with van der Waals surface area (Å²) < 4.78 is 0. The van der Waals surface area contributed by atoms with E-state index in [4.69, 9.17) is 5.73 Å². The van der Waals surface area contributed by atoms with Crippen LogP contribution >= 0.6 is 0 Å². The minimum absolute atomic E-state index is 0.227. The molecule has 1 amide bonds. The number of nitrogens with two attached hydrogens (primary N) is 1. The molecule has 1 heterocycles. The lowest BCUT2D eigenvalue weighted by Crippen LogP contribution is -2.45. The van der Waals surface area contributed by atoms with Gasteiger partial charge in [-0.3, -0.25) is 4.79 Å². The lowest BCUT2D eigenvalue weighted by Gasteiger charge is -2.34. The highest BCUT2D eigenvalue weighted by Crippen LogP contribution is 2.45. The van der Waals surface area contributed by atoms with Crippen LogP contribution in [0.3, 0.4) is 0 Å². The van der Waals surface area contributed by atoms with E-state index in [1.807, 2.05) is 12.1 Å². The maximum absolute atomic E-state index is 13.0. The van der Waals surface area contributed by atoms with Gasteiger partial charge in [-0.1, -0.05) is 50.2 Å². The fourth-order valence-electron chi connectivity index (χ4n) is 4.38. The zero-order chi connectivity index (χ0) is 19.4. The SMILES string of the molecule is CCN(CC)CCC1(C(N)=O)Cc2ccccc2N(CC)c2ccccc21. The number of primary amides is 1. The topological polar surface area (TPSA) is 49.6 Å². The molecule has 144 valence electrons. The minimum atomic E-state index is -0.695. The van der Waals surface area contributed by atoms with Gasteiger partial charge in [0.15, 0.2) is 0 Å². The Hall–Kier alpha value is -2.33. The smallest absolute Gasteiger partial charge is 0.228 e. The molecule has 4 heteroatoms. The highest BCUT2D eigenvalue weighted by Gasteiger charge is 2.43. The standard InChI is InChI=1S/C23H31N3O/c1-4-25(5-2)16-15-23(22(24)27)17-18-11-7-9-13-20(18)26(6-3)21-14-10-8-12-19(21)23/h7-14H,4-6,15-17H2,1-3H3,(H2,24,27). The second kappa shape index (κ2) is 8.13. The number of carbonyl (C=O) groups is 1. The number of anilines is 2. The third kappa shape index (κ3) is 3.46. The van der Waals surface area contributed by atoms with Crippen molar-refractivity contribution in [3.63, 3.8) is 0 Å². The molecule has 0 fully saturated rings. The van der Waals surface area contributed by atoms with Crippen LogP contribution in [0.25, 0.3) is 0 Å². The Labute approximate surface area is 163 Å². The molecule has 27 heavy (non-hydrogen) atoms. The van der Waals surface area contributed by atoms with Gasteiger partial charge in [0, 0.05) is 17.9 Å². The normalized spacial score (nSPS) is 18.7. The predicted octanol–water partition coefficient (Wildman–Crippen LogP) is 3.86. The van der Waals surface area contributed by atoms with Gasteiger partial charge in [0.2, 0.25) is 5.91 Å². The maximum Gasteiger partial charge on any atom is 0.228 e. The maximum atomic E-state index is 13.0. The van der Waals surface area contributed by atoms with E-state index in [1.165, 1.54) is 11.3 Å². The fraction of sp³-hybridized carbons (Fsp3) is 0.435. The number of benzene rings is 2. The van der Waals surface area contributed by atoms with Gasteiger partial charge in [-0.25, -0.2) is 0 Å². The molecule has 0 bridgehead atoms. The number of rotatable bonds is 7. The first-order chi connectivity index (χ1) is 13.1. The Morgan fingerprint density at radius 2 is 1.67 bits per heavy atom. The Morgan fingerprint density at radius 1 is 1.04 bits per heavy atom. The van der Waals surface area contributed by atoms with Crippen LogP contribution in [-0.4, -0.2) is 37.0 Å². The highest BCUT2D eigenvalue weighted by molar-refractivity contribution is 5.91. The van der Waals surface area contributed by atoms with E-state index in [-0.39, 0.29) is 5.91 Å². The van der Waals surface area contributed by atoms with Crippen molar-refractivity contribution in [1.29, 1.82) is 0 Å². The van der Waals surface area contributed by atoms with Gasteiger partial charge in [-0.05, 0) is 62.7 Å². The summed E-state index contributed by atoms with van der Waals surface area (Å²) in [4.78, 5) is 17.6. The third-order valence-electron chi connectivity index (χ3n) is 6.02. The van der Waals surface area contributed by atoms with Crippen LogP contribution < -0.4 is 10.6 Å². The largest absolute Gasteiger partial charge is 0.369 e. The molecule has 4 nitrogen and oxygen atoms in total. The van der Waals surface area contributed by atoms with Crippen molar-refractivity contribution >= 4 is 17.3 Å². The molecule has 2 aromatic carbocycles. The Kier molecular flexibility index (Phi) is 5.85. The second-order valence-electron chi connectivity index (χ2n) is 7.29. The summed E-state index contributed by atoms with van der Waals surface area (Å²) in [6.07, 6.45) is 1.38. The lowest BCUT2D eigenvalue weighted by atomic mass is 9.72. The molecule has 0 aromatic heterocycles. The Bertz CT molecular complexity index is 800. The zero-order valence-electron chi connectivity index (χ0n) is 16.7. The molecule has 3 rings (SSSR count). The van der Waals surface area contributed by atoms with E-state index in [0.717, 1.165) is 43.9 Å². The molecule has 1 unspecified atom stereocenters. The van der Waals surface area contributed by atoms with Crippen molar-refractivity contribution in [1.82, 2.24) is 4.90 Å². The average Bonchev–Trinajstić information content (AvgIpc) is 2.81. The van der Waals surface area contributed by atoms with Crippen LogP contribution in [0.2, 0.25) is 0 Å². The van der Waals surface area contributed by atoms with E-state index < -0.39 is 5.41 Å². The molecule has 0 saturated carbocycles. The van der Waals surface area contributed by atoms with Gasteiger partial charge in [0.05, 0.1) is 5.41 Å². The predicted molar refractivity (Wildman–Crippen MR) is 113 cm³/mol. The van der Waals surface area contributed by atoms with Crippen LogP contribution in [0.1, 0.15) is 38.3 Å². The molecule has 0 spiro atoms. The number of carbonyl (C=O) groups excluding carboxylic acids is 1. The lowest BCUT2D eigenvalue weighted by molar-refractivity contribution is -0.124. The van der Waals surface area contributed by atoms with Gasteiger partial charge < -0.3 is 15.5 Å². The molecular formula is C23H31N3O. The van der Waals surface area contributed by atoms with Crippen LogP contribution in [0.5, 0.6) is 0 Å². The molecule has 2 N–H and O–H groups in total. The second-order valence-corrected chi connectivity index (χ2v) is 7.29. The van der Waals surface area contributed by atoms with Crippen LogP contribution in [-0.2, 0) is 16.6 Å². The molecular weight excluding hydrogens is 334 g/mol. The van der Waals surface area contributed by atoms with Crippen molar-refractivity contribution in [3.8, 4) is 0 Å². The van der Waals surface area contributed by atoms with Gasteiger partial charge in [0.25, 0.3) is 0 Å². The Balaban J connectivity index is 2.18. The van der Waals surface area contributed by atoms with Crippen molar-refractivity contribution in [2.45, 2.75) is 39.0 Å². The highest BCUT2D eigenvalue weighted by atomic mass is 16.1. The number of hydrogen-bond acceptors (Lipinski definition) is 3. The fourth-order valence-corrected chi connectivity index (χ4v) is 4.38. The van der Waals surface area contributed by atoms with Crippen LogP contribution in [0.15, 0.2) is 48.5 Å². The van der Waals surface area contributed by atoms with Gasteiger partial charge >= 0.3 is 0 Å². The number of amides is 1. The van der Waals surface area contributed by atoms with E-state index in [9.17, 15) is 4.79 Å². The minimum Gasteiger partial charge on any atom is -0.369 e. The van der Waals surface area contributed by atoms with Crippen molar-refractivity contribution < 1.29 is 4.79 Å². The number of hydrogen-bond donors (Lipinski definition) is 1. The van der Waals surface area contributed by atoms with Crippen LogP contribution in [0, 0.1) is 0 Å². The first-order valence-electron chi connectivity index (χ1n) is 10.0. The molecule has 0 aliphatic carbocycles. The first kappa shape index (κ1) is 19.4. The van der Waals surface area contributed by atoms with Gasteiger partial charge in [-0.15, -0.1) is 0 Å². The van der Waals surface area contributed by atoms with E-state index in [1.54, 1.807) is 0 Å². The average molecular weight is 366 g/mol. The van der Waals surface area contributed by atoms with Gasteiger partial charge in [0.1, 0.15) is 0 Å². The van der Waals surface area contributed by atoms with Crippen molar-refractivity contribution in [2.75, 3.05) is 31.1 Å². The van der Waals surface area contributed by atoms with Crippen molar-refractivity contribution in [3.05, 3.63) is 59.7 Å². The number of nitrogens with zero attached hydrogens (tertiary/aromatic N) is 2. The summed E-state index contributed by atoms with van der Waals surface area (Å²) >= 11 is 0. The molecule has 0 radical (unpaired) electrons. The van der Waals surface area contributed by atoms with Gasteiger partial charge in [-0.2, -0.15) is 0 Å². The zero-order valence-corrected chi connectivity index (χ0v) is 16.7. The number of para-hydroxylation sites is 2. The summed E-state index contributed by atoms with van der Waals surface area (Å²) in [6.45, 7) is 10.1. The summed E-state index contributed by atoms with van der Waals surface area (Å²) in [6, 6.07) is 16.7. The van der Waals surface area contributed by atoms with Crippen molar-refractivity contribution in [2.24, 2.45) is 5.73 Å². The van der Waals surface area contributed by atoms with E-state index >= 15 is 0 Å². The summed E-state index contributed by atoms with van der Waals surface area (Å²) in [5.41, 5.74) is 9.95. The number of fused-ring (bicyclic) bond motifs is 2. The summed E-state index contributed by atoms with van der Waals surface area (Å²) in [7, 11) is 0. The Morgan fingerprint density at radius 3 is 2.30 bits per heavy atom. The third-order valence-corrected chi connectivity index (χ3v) is 6.02. The molecule has 1 aliphatic heterocycles. The van der Waals surface area contributed by atoms with Crippen LogP contribution in [0.4, 0.5) is 11.4 Å². The molecule has 2 aromatic rings. The van der Waals surface area contributed by atoms with E-state index in [2.05, 4.69) is 67.0 Å². The molecule has 1 atom stereocenters. The summed E-state index contributed by atoms with van der Waals surface area (Å²) in [5, 5.41) is 0. The molecule has 1 aliphatic rings. The van der Waals surface area contributed by atoms with E-state index in [0.29, 0.717) is 6.42 Å². The monoisotopic (exact) mass is 365 g/mol. The summed E-state index contributed by atoms with van der Waals surface area (Å²) in [5.74, 6) is -0.227. The first-order valence-corrected chi connectivity index (χ1v) is 10.0. The molecule has 0 saturated heterocycles. The quantitative estimate of drug-likeness (QED) is 0.811.